The summed E-state index contributed by atoms with van der Waals surface area (Å²) in [7, 11) is 0. The van der Waals surface area contributed by atoms with Gasteiger partial charge in [0, 0.05) is 33.5 Å². The van der Waals surface area contributed by atoms with E-state index in [2.05, 4.69) is 38.1 Å². The van der Waals surface area contributed by atoms with Gasteiger partial charge in [-0.25, -0.2) is 9.97 Å². The first-order chi connectivity index (χ1) is 10.0. The van der Waals surface area contributed by atoms with Crippen LogP contribution >= 0.6 is 27.5 Å². The summed E-state index contributed by atoms with van der Waals surface area (Å²) >= 11 is 9.47. The minimum Gasteiger partial charge on any atom is -0.313 e. The van der Waals surface area contributed by atoms with Crippen LogP contribution in [0.4, 0.5) is 0 Å². The molecule has 0 aliphatic carbocycles. The molecular weight excluding hydrogens is 350 g/mol. The minimum absolute atomic E-state index is 0.688. The predicted octanol–water partition coefficient (Wildman–Crippen LogP) is 4.68. The number of benzene rings is 1. The van der Waals surface area contributed by atoms with Gasteiger partial charge in [0.1, 0.15) is 0 Å². The van der Waals surface area contributed by atoms with Crippen LogP contribution in [-0.4, -0.2) is 16.5 Å². The van der Waals surface area contributed by atoms with Crippen molar-refractivity contribution >= 4 is 27.5 Å². The molecule has 0 atom stereocenters. The molecule has 2 aromatic rings. The van der Waals surface area contributed by atoms with Crippen molar-refractivity contribution in [3.8, 4) is 11.4 Å². The van der Waals surface area contributed by atoms with E-state index in [1.807, 2.05) is 32.0 Å². The van der Waals surface area contributed by atoms with Crippen LogP contribution in [-0.2, 0) is 6.54 Å². The maximum Gasteiger partial charge on any atom is 0.159 e. The van der Waals surface area contributed by atoms with Gasteiger partial charge in [0.2, 0.25) is 0 Å². The highest BCUT2D eigenvalue weighted by atomic mass is 79.9. The average molecular weight is 369 g/mol. The van der Waals surface area contributed by atoms with Gasteiger partial charge in [-0.2, -0.15) is 0 Å². The van der Waals surface area contributed by atoms with E-state index in [1.54, 1.807) is 0 Å². The van der Waals surface area contributed by atoms with Crippen LogP contribution in [0.3, 0.4) is 0 Å². The van der Waals surface area contributed by atoms with E-state index in [9.17, 15) is 0 Å². The average Bonchev–Trinajstić information content (AvgIpc) is 2.44. The van der Waals surface area contributed by atoms with Gasteiger partial charge in [-0.15, -0.1) is 0 Å². The monoisotopic (exact) mass is 367 g/mol. The second-order valence-electron chi connectivity index (χ2n) is 5.00. The second-order valence-corrected chi connectivity index (χ2v) is 6.26. The molecule has 21 heavy (non-hydrogen) atoms. The first-order valence-corrected chi connectivity index (χ1v) is 8.20. The number of halogens is 2. The Morgan fingerprint density at radius 3 is 2.43 bits per heavy atom. The van der Waals surface area contributed by atoms with E-state index in [1.165, 1.54) is 5.56 Å². The summed E-state index contributed by atoms with van der Waals surface area (Å²) in [4.78, 5) is 9.28. The summed E-state index contributed by atoms with van der Waals surface area (Å²) in [6, 6.07) is 5.74. The maximum absolute atomic E-state index is 6.03. The normalized spacial score (nSPS) is 10.9. The maximum atomic E-state index is 6.03. The SMILES string of the molecule is CCCNCc1c(C)nc(-c2ccc(Cl)c(Br)c2)nc1C. The zero-order chi connectivity index (χ0) is 15.4. The number of hydrogen-bond donors (Lipinski definition) is 1. The second kappa shape index (κ2) is 7.34. The smallest absolute Gasteiger partial charge is 0.159 e. The Balaban J connectivity index is 2.32. The number of nitrogens with one attached hydrogen (secondary N) is 1. The molecule has 0 fully saturated rings. The highest BCUT2D eigenvalue weighted by Gasteiger charge is 2.10. The van der Waals surface area contributed by atoms with E-state index in [4.69, 9.17) is 11.6 Å². The van der Waals surface area contributed by atoms with Crippen molar-refractivity contribution in [3.05, 3.63) is 44.6 Å². The molecule has 0 spiro atoms. The van der Waals surface area contributed by atoms with Crippen LogP contribution in [0.25, 0.3) is 11.4 Å². The molecule has 0 saturated heterocycles. The number of aryl methyl sites for hydroxylation is 2. The lowest BCUT2D eigenvalue weighted by molar-refractivity contribution is 0.665. The van der Waals surface area contributed by atoms with Gasteiger partial charge in [0.15, 0.2) is 5.82 Å². The first-order valence-electron chi connectivity index (χ1n) is 7.03. The number of nitrogens with zero attached hydrogens (tertiary/aromatic N) is 2. The highest BCUT2D eigenvalue weighted by Crippen LogP contribution is 2.28. The third kappa shape index (κ3) is 4.02. The fourth-order valence-corrected chi connectivity index (χ4v) is 2.65. The zero-order valence-corrected chi connectivity index (χ0v) is 14.8. The Kier molecular flexibility index (Phi) is 5.73. The molecule has 0 radical (unpaired) electrons. The summed E-state index contributed by atoms with van der Waals surface area (Å²) in [5, 5.41) is 4.09. The Labute approximate surface area is 139 Å². The third-order valence-corrected chi connectivity index (χ3v) is 4.54. The lowest BCUT2D eigenvalue weighted by Crippen LogP contribution is -2.17. The topological polar surface area (TPSA) is 37.8 Å². The number of rotatable bonds is 5. The summed E-state index contributed by atoms with van der Waals surface area (Å²) in [5.41, 5.74) is 4.19. The molecule has 0 saturated carbocycles. The summed E-state index contributed by atoms with van der Waals surface area (Å²) in [6.07, 6.45) is 1.12. The van der Waals surface area contributed by atoms with Gasteiger partial charge in [-0.1, -0.05) is 18.5 Å². The van der Waals surface area contributed by atoms with Crippen LogP contribution in [0.5, 0.6) is 0 Å². The fourth-order valence-electron chi connectivity index (χ4n) is 2.15. The lowest BCUT2D eigenvalue weighted by Gasteiger charge is -2.12. The third-order valence-electron chi connectivity index (χ3n) is 3.33. The number of aromatic nitrogens is 2. The van der Waals surface area contributed by atoms with E-state index in [0.29, 0.717) is 5.02 Å². The largest absolute Gasteiger partial charge is 0.313 e. The van der Waals surface area contributed by atoms with Crippen molar-refractivity contribution in [2.24, 2.45) is 0 Å². The van der Waals surface area contributed by atoms with Gasteiger partial charge >= 0.3 is 0 Å². The Hall–Kier alpha value is -0.970. The molecule has 112 valence electrons. The molecule has 0 amide bonds. The van der Waals surface area contributed by atoms with Crippen LogP contribution in [0.2, 0.25) is 5.02 Å². The highest BCUT2D eigenvalue weighted by molar-refractivity contribution is 9.10. The summed E-state index contributed by atoms with van der Waals surface area (Å²) in [5.74, 6) is 0.738. The first kappa shape index (κ1) is 16.4. The molecular formula is C16H19BrClN3. The molecule has 0 aliphatic rings. The van der Waals surface area contributed by atoms with Gasteiger partial charge < -0.3 is 5.32 Å². The van der Waals surface area contributed by atoms with Crippen molar-refractivity contribution < 1.29 is 0 Å². The van der Waals surface area contributed by atoms with Gasteiger partial charge in [-0.3, -0.25) is 0 Å². The fraction of sp³-hybridized carbons (Fsp3) is 0.375. The molecule has 0 aliphatic heterocycles. The zero-order valence-electron chi connectivity index (χ0n) is 12.5. The Bertz CT molecular complexity index is 620. The van der Waals surface area contributed by atoms with E-state index in [0.717, 1.165) is 46.8 Å². The number of hydrogen-bond acceptors (Lipinski definition) is 3. The Morgan fingerprint density at radius 2 is 1.86 bits per heavy atom. The van der Waals surface area contributed by atoms with E-state index < -0.39 is 0 Å². The van der Waals surface area contributed by atoms with Crippen LogP contribution in [0, 0.1) is 13.8 Å². The molecule has 1 aromatic heterocycles. The summed E-state index contributed by atoms with van der Waals surface area (Å²) < 4.78 is 0.856. The lowest BCUT2D eigenvalue weighted by atomic mass is 10.1. The van der Waals surface area contributed by atoms with Crippen molar-refractivity contribution in [3.63, 3.8) is 0 Å². The van der Waals surface area contributed by atoms with Crippen molar-refractivity contribution in [2.75, 3.05) is 6.54 Å². The van der Waals surface area contributed by atoms with Crippen molar-refractivity contribution in [1.82, 2.24) is 15.3 Å². The van der Waals surface area contributed by atoms with Crippen molar-refractivity contribution in [1.29, 1.82) is 0 Å². The van der Waals surface area contributed by atoms with Crippen LogP contribution in [0.15, 0.2) is 22.7 Å². The predicted molar refractivity (Wildman–Crippen MR) is 91.6 cm³/mol. The van der Waals surface area contributed by atoms with Gasteiger partial charge in [0.25, 0.3) is 0 Å². The van der Waals surface area contributed by atoms with E-state index in [-0.39, 0.29) is 0 Å². The van der Waals surface area contributed by atoms with Crippen LogP contribution in [0.1, 0.15) is 30.3 Å². The van der Waals surface area contributed by atoms with E-state index >= 15 is 0 Å². The summed E-state index contributed by atoms with van der Waals surface area (Å²) in [6.45, 7) is 8.05. The molecule has 1 N–H and O–H groups in total. The molecule has 2 rings (SSSR count). The quantitative estimate of drug-likeness (QED) is 0.779. The standard InChI is InChI=1S/C16H19BrClN3/c1-4-7-19-9-13-10(2)20-16(21-11(13)3)12-5-6-15(18)14(17)8-12/h5-6,8,19H,4,7,9H2,1-3H3. The molecule has 0 bridgehead atoms. The Morgan fingerprint density at radius 1 is 1.19 bits per heavy atom. The molecule has 5 heteroatoms. The van der Waals surface area contributed by atoms with Crippen LogP contribution < -0.4 is 5.32 Å². The molecule has 3 nitrogen and oxygen atoms in total. The molecule has 0 unspecified atom stereocenters. The molecule has 1 heterocycles. The van der Waals surface area contributed by atoms with Gasteiger partial charge in [0.05, 0.1) is 5.02 Å². The van der Waals surface area contributed by atoms with Gasteiger partial charge in [-0.05, 0) is 60.9 Å². The molecule has 1 aromatic carbocycles. The minimum atomic E-state index is 0.688. The van der Waals surface area contributed by atoms with Crippen molar-refractivity contribution in [2.45, 2.75) is 33.7 Å².